The first kappa shape index (κ1) is 20.0. The van der Waals surface area contributed by atoms with Crippen LogP contribution in [0.1, 0.15) is 45.4 Å². The SMILES string of the molecule is CCCn1cc(-c2cc(Oc3ccc4nc(NC5CCCCC5)sc4c3)ccn2)cn1. The summed E-state index contributed by atoms with van der Waals surface area (Å²) in [6.45, 7) is 3.05. The molecule has 0 spiro atoms. The molecule has 5 rings (SSSR count). The van der Waals surface area contributed by atoms with Crippen LogP contribution in [0.25, 0.3) is 21.5 Å². The lowest BCUT2D eigenvalue weighted by atomic mass is 9.96. The molecule has 0 atom stereocenters. The first-order chi connectivity index (χ1) is 15.3. The molecule has 0 bridgehead atoms. The Morgan fingerprint density at radius 1 is 1.13 bits per heavy atom. The van der Waals surface area contributed by atoms with Crippen LogP contribution in [-0.2, 0) is 6.54 Å². The molecule has 1 N–H and O–H groups in total. The number of rotatable bonds is 7. The van der Waals surface area contributed by atoms with E-state index in [-0.39, 0.29) is 0 Å². The lowest BCUT2D eigenvalue weighted by Gasteiger charge is -2.22. The normalized spacial score (nSPS) is 14.7. The number of nitrogens with one attached hydrogen (secondary N) is 1. The molecule has 0 amide bonds. The molecule has 7 heteroatoms. The minimum atomic E-state index is 0.557. The average molecular weight is 434 g/mol. The van der Waals surface area contributed by atoms with Gasteiger partial charge in [-0.2, -0.15) is 5.10 Å². The van der Waals surface area contributed by atoms with Crippen molar-refractivity contribution in [1.29, 1.82) is 0 Å². The van der Waals surface area contributed by atoms with Gasteiger partial charge in [-0.1, -0.05) is 37.5 Å². The van der Waals surface area contributed by atoms with Gasteiger partial charge in [0.1, 0.15) is 11.5 Å². The van der Waals surface area contributed by atoms with Crippen LogP contribution in [0.4, 0.5) is 5.13 Å². The Bertz CT molecular complexity index is 1160. The van der Waals surface area contributed by atoms with Gasteiger partial charge in [0.2, 0.25) is 0 Å². The van der Waals surface area contributed by atoms with E-state index in [4.69, 9.17) is 9.72 Å². The molecule has 31 heavy (non-hydrogen) atoms. The van der Waals surface area contributed by atoms with Crippen molar-refractivity contribution in [3.63, 3.8) is 0 Å². The number of aromatic nitrogens is 4. The van der Waals surface area contributed by atoms with Crippen LogP contribution in [0.5, 0.6) is 11.5 Å². The zero-order chi connectivity index (χ0) is 21.0. The number of hydrogen-bond donors (Lipinski definition) is 1. The van der Waals surface area contributed by atoms with E-state index >= 15 is 0 Å². The molecular weight excluding hydrogens is 406 g/mol. The fourth-order valence-corrected chi connectivity index (χ4v) is 5.04. The molecule has 4 aromatic rings. The number of thiazole rings is 1. The number of anilines is 1. The topological polar surface area (TPSA) is 64.9 Å². The third-order valence-corrected chi connectivity index (χ3v) is 6.59. The summed E-state index contributed by atoms with van der Waals surface area (Å²) < 4.78 is 9.23. The third kappa shape index (κ3) is 4.71. The Hall–Kier alpha value is -2.93. The maximum atomic E-state index is 6.15. The molecule has 1 aliphatic carbocycles. The van der Waals surface area contributed by atoms with Crippen LogP contribution >= 0.6 is 11.3 Å². The van der Waals surface area contributed by atoms with Crippen molar-refractivity contribution in [3.05, 3.63) is 48.9 Å². The van der Waals surface area contributed by atoms with Crippen LogP contribution < -0.4 is 10.1 Å². The maximum Gasteiger partial charge on any atom is 0.184 e. The minimum absolute atomic E-state index is 0.557. The van der Waals surface area contributed by atoms with E-state index in [0.717, 1.165) is 51.1 Å². The average Bonchev–Trinajstić information content (AvgIpc) is 3.41. The monoisotopic (exact) mass is 433 g/mol. The van der Waals surface area contributed by atoms with E-state index in [0.29, 0.717) is 6.04 Å². The summed E-state index contributed by atoms with van der Waals surface area (Å²) in [5.41, 5.74) is 2.86. The first-order valence-electron chi connectivity index (χ1n) is 11.1. The van der Waals surface area contributed by atoms with Gasteiger partial charge < -0.3 is 10.1 Å². The van der Waals surface area contributed by atoms with Crippen LogP contribution in [0.15, 0.2) is 48.9 Å². The van der Waals surface area contributed by atoms with Crippen LogP contribution in [0.2, 0.25) is 0 Å². The number of nitrogens with zero attached hydrogens (tertiary/aromatic N) is 4. The number of aryl methyl sites for hydroxylation is 1. The smallest absolute Gasteiger partial charge is 0.184 e. The summed E-state index contributed by atoms with van der Waals surface area (Å²) in [5, 5.41) is 9.03. The van der Waals surface area contributed by atoms with Gasteiger partial charge in [0.05, 0.1) is 22.1 Å². The second-order valence-corrected chi connectivity index (χ2v) is 9.13. The van der Waals surface area contributed by atoms with Gasteiger partial charge >= 0.3 is 0 Å². The molecule has 160 valence electrons. The lowest BCUT2D eigenvalue weighted by molar-refractivity contribution is 0.462. The fraction of sp³-hybridized carbons (Fsp3) is 0.375. The molecule has 1 aliphatic rings. The van der Waals surface area contributed by atoms with E-state index in [2.05, 4.69) is 28.4 Å². The predicted octanol–water partition coefficient (Wildman–Crippen LogP) is 6.50. The van der Waals surface area contributed by atoms with Crippen molar-refractivity contribution >= 4 is 26.7 Å². The zero-order valence-corrected chi connectivity index (χ0v) is 18.6. The highest BCUT2D eigenvalue weighted by Crippen LogP contribution is 2.33. The van der Waals surface area contributed by atoms with Gasteiger partial charge in [-0.25, -0.2) is 4.98 Å². The van der Waals surface area contributed by atoms with Crippen LogP contribution in [-0.4, -0.2) is 25.8 Å². The largest absolute Gasteiger partial charge is 0.457 e. The Morgan fingerprint density at radius 3 is 2.87 bits per heavy atom. The van der Waals surface area contributed by atoms with Crippen LogP contribution in [0.3, 0.4) is 0 Å². The number of hydrogen-bond acceptors (Lipinski definition) is 6. The van der Waals surface area contributed by atoms with Gasteiger partial charge in [-0.15, -0.1) is 0 Å². The molecule has 0 unspecified atom stereocenters. The van der Waals surface area contributed by atoms with Crippen molar-refractivity contribution < 1.29 is 4.74 Å². The van der Waals surface area contributed by atoms with Crippen molar-refractivity contribution in [1.82, 2.24) is 19.7 Å². The Kier molecular flexibility index (Phi) is 5.84. The molecule has 3 aromatic heterocycles. The molecule has 1 saturated carbocycles. The summed E-state index contributed by atoms with van der Waals surface area (Å²) in [5.74, 6) is 1.57. The van der Waals surface area contributed by atoms with Crippen molar-refractivity contribution in [2.45, 2.75) is 58.0 Å². The number of fused-ring (bicyclic) bond motifs is 1. The second-order valence-electron chi connectivity index (χ2n) is 8.10. The highest BCUT2D eigenvalue weighted by Gasteiger charge is 2.15. The summed E-state index contributed by atoms with van der Waals surface area (Å²) >= 11 is 1.70. The highest BCUT2D eigenvalue weighted by molar-refractivity contribution is 7.22. The second kappa shape index (κ2) is 9.06. The first-order valence-corrected chi connectivity index (χ1v) is 11.9. The minimum Gasteiger partial charge on any atom is -0.457 e. The van der Waals surface area contributed by atoms with E-state index in [1.165, 1.54) is 32.1 Å². The Balaban J connectivity index is 1.31. The molecule has 1 fully saturated rings. The fourth-order valence-electron chi connectivity index (χ4n) is 4.07. The quantitative estimate of drug-likeness (QED) is 0.360. The molecule has 1 aromatic carbocycles. The maximum absolute atomic E-state index is 6.15. The number of benzene rings is 1. The van der Waals surface area contributed by atoms with Gasteiger partial charge in [-0.05, 0) is 37.5 Å². The van der Waals surface area contributed by atoms with Gasteiger partial charge in [0.25, 0.3) is 0 Å². The molecule has 0 aliphatic heterocycles. The molecular formula is C24H27N5OS. The molecule has 3 heterocycles. The number of ether oxygens (including phenoxy) is 1. The van der Waals surface area contributed by atoms with Crippen molar-refractivity contribution in [2.75, 3.05) is 5.32 Å². The van der Waals surface area contributed by atoms with Crippen molar-refractivity contribution in [2.24, 2.45) is 0 Å². The molecule has 6 nitrogen and oxygen atoms in total. The standard InChI is InChI=1S/C24H27N5OS/c1-2-12-29-16-17(15-26-29)22-13-20(10-11-25-22)30-19-8-9-21-23(14-19)31-24(28-21)27-18-6-4-3-5-7-18/h8-11,13-16,18H,2-7,12H2,1H3,(H,27,28). The van der Waals surface area contributed by atoms with Gasteiger partial charge in [-0.3, -0.25) is 9.67 Å². The number of pyridine rings is 1. The zero-order valence-electron chi connectivity index (χ0n) is 17.8. The van der Waals surface area contributed by atoms with Gasteiger partial charge in [0.15, 0.2) is 5.13 Å². The molecule has 0 radical (unpaired) electrons. The van der Waals surface area contributed by atoms with E-state index in [9.17, 15) is 0 Å². The summed E-state index contributed by atoms with van der Waals surface area (Å²) in [7, 11) is 0. The molecule has 0 saturated heterocycles. The summed E-state index contributed by atoms with van der Waals surface area (Å²) in [6, 6.07) is 10.5. The Labute approximate surface area is 186 Å². The van der Waals surface area contributed by atoms with E-state index < -0.39 is 0 Å². The third-order valence-electron chi connectivity index (χ3n) is 5.64. The summed E-state index contributed by atoms with van der Waals surface area (Å²) in [6.07, 6.45) is 13.2. The van der Waals surface area contributed by atoms with Crippen LogP contribution in [0, 0.1) is 0 Å². The predicted molar refractivity (Wildman–Crippen MR) is 126 cm³/mol. The van der Waals surface area contributed by atoms with Crippen molar-refractivity contribution in [3.8, 4) is 22.8 Å². The summed E-state index contributed by atoms with van der Waals surface area (Å²) in [4.78, 5) is 9.24. The lowest BCUT2D eigenvalue weighted by Crippen LogP contribution is -2.21. The Morgan fingerprint density at radius 2 is 2.00 bits per heavy atom. The van der Waals surface area contributed by atoms with E-state index in [1.54, 1.807) is 17.5 Å². The van der Waals surface area contributed by atoms with Gasteiger partial charge in [0, 0.05) is 42.7 Å². The van der Waals surface area contributed by atoms with E-state index in [1.807, 2.05) is 41.3 Å². The highest BCUT2D eigenvalue weighted by atomic mass is 32.1.